The van der Waals surface area contributed by atoms with Crippen molar-refractivity contribution in [1.29, 1.82) is 0 Å². The van der Waals surface area contributed by atoms with Gasteiger partial charge < -0.3 is 24.3 Å². The van der Waals surface area contributed by atoms with Gasteiger partial charge in [-0.15, -0.1) is 0 Å². The topological polar surface area (TPSA) is 83.1 Å². The molecule has 0 bridgehead atoms. The van der Waals surface area contributed by atoms with E-state index < -0.39 is 5.41 Å². The molecule has 0 saturated carbocycles. The molecule has 1 amide bonds. The van der Waals surface area contributed by atoms with Crippen molar-refractivity contribution in [2.24, 2.45) is 5.41 Å². The Kier molecular flexibility index (Phi) is 5.68. The number of ether oxygens (including phenoxy) is 4. The molecular weight excluding hydrogens is 374 g/mol. The smallest absolute Gasteiger partial charge is 0.338 e. The normalized spacial score (nSPS) is 12.8. The van der Waals surface area contributed by atoms with Gasteiger partial charge in [-0.2, -0.15) is 0 Å². The van der Waals surface area contributed by atoms with Crippen LogP contribution in [0.4, 0.5) is 0 Å². The summed E-state index contributed by atoms with van der Waals surface area (Å²) in [6, 6.07) is 9.14. The average molecular weight is 399 g/mol. The zero-order chi connectivity index (χ0) is 21.2. The van der Waals surface area contributed by atoms with Crippen LogP contribution < -0.4 is 19.5 Å². The number of carbonyl (C=O) groups excluding carboxylic acids is 2. The van der Waals surface area contributed by atoms with Crippen molar-refractivity contribution in [2.45, 2.75) is 20.5 Å². The van der Waals surface area contributed by atoms with Crippen LogP contribution >= 0.6 is 0 Å². The molecule has 0 radical (unpaired) electrons. The number of benzene rings is 2. The second-order valence-corrected chi connectivity index (χ2v) is 7.38. The highest BCUT2D eigenvalue weighted by Gasteiger charge is 2.30. The highest BCUT2D eigenvalue weighted by molar-refractivity contribution is 5.94. The first-order valence-electron chi connectivity index (χ1n) is 9.22. The van der Waals surface area contributed by atoms with Crippen LogP contribution in [0.1, 0.15) is 29.8 Å². The van der Waals surface area contributed by atoms with E-state index in [9.17, 15) is 9.59 Å². The van der Waals surface area contributed by atoms with Gasteiger partial charge in [0.2, 0.25) is 11.7 Å². The first kappa shape index (κ1) is 20.5. The van der Waals surface area contributed by atoms with Crippen LogP contribution in [0.3, 0.4) is 0 Å². The number of hydrogen-bond donors (Lipinski definition) is 1. The predicted octanol–water partition coefficient (Wildman–Crippen LogP) is 3.19. The summed E-state index contributed by atoms with van der Waals surface area (Å²) in [5.41, 5.74) is 2.24. The fourth-order valence-electron chi connectivity index (χ4n) is 3.23. The summed E-state index contributed by atoms with van der Waals surface area (Å²) in [5, 5.41) is 2.65. The number of rotatable bonds is 7. The molecule has 0 aromatic heterocycles. The van der Waals surface area contributed by atoms with Gasteiger partial charge in [-0.1, -0.05) is 6.07 Å². The fraction of sp³-hybridized carbons (Fsp3) is 0.364. The minimum absolute atomic E-state index is 0.130. The van der Waals surface area contributed by atoms with Crippen LogP contribution in [0.25, 0.3) is 11.1 Å². The molecule has 0 spiro atoms. The molecule has 0 atom stereocenters. The molecule has 29 heavy (non-hydrogen) atoms. The fourth-order valence-corrected chi connectivity index (χ4v) is 3.23. The lowest BCUT2D eigenvalue weighted by Gasteiger charge is -2.25. The quantitative estimate of drug-likeness (QED) is 0.720. The van der Waals surface area contributed by atoms with Crippen LogP contribution in [0.2, 0.25) is 0 Å². The number of amides is 1. The van der Waals surface area contributed by atoms with Crippen LogP contribution in [-0.2, 0) is 16.1 Å². The third kappa shape index (κ3) is 3.85. The zero-order valence-electron chi connectivity index (χ0n) is 17.3. The zero-order valence-corrected chi connectivity index (χ0v) is 17.3. The Bertz CT molecular complexity index is 951. The first-order valence-corrected chi connectivity index (χ1v) is 9.22. The maximum absolute atomic E-state index is 12.2. The number of methoxy groups -OCH3 is 2. The molecule has 1 N–H and O–H groups in total. The number of hydrogen-bond acceptors (Lipinski definition) is 6. The molecule has 1 aliphatic rings. The standard InChI is InChI=1S/C22H25NO6/c1-22(2,21(25)23-3)12-29-18-15(8-9-17(26-4)19(18)27-5)13-6-7-16-14(10-13)11-28-20(16)24/h6-10H,11-12H2,1-5H3,(H,23,25). The molecule has 7 nitrogen and oxygen atoms in total. The van der Waals surface area contributed by atoms with Gasteiger partial charge in [0.1, 0.15) is 13.2 Å². The van der Waals surface area contributed by atoms with Gasteiger partial charge in [-0.25, -0.2) is 4.79 Å². The second kappa shape index (κ2) is 8.03. The van der Waals surface area contributed by atoms with E-state index in [1.807, 2.05) is 18.2 Å². The average Bonchev–Trinajstić information content (AvgIpc) is 3.10. The Labute approximate surface area is 169 Å². The van der Waals surface area contributed by atoms with Crippen LogP contribution in [0, 0.1) is 5.41 Å². The van der Waals surface area contributed by atoms with E-state index in [2.05, 4.69) is 5.32 Å². The molecule has 2 aromatic carbocycles. The summed E-state index contributed by atoms with van der Waals surface area (Å²) in [5.74, 6) is 0.972. The summed E-state index contributed by atoms with van der Waals surface area (Å²) >= 11 is 0. The Morgan fingerprint density at radius 3 is 2.48 bits per heavy atom. The van der Waals surface area contributed by atoms with Crippen molar-refractivity contribution in [3.05, 3.63) is 41.5 Å². The molecule has 0 aliphatic carbocycles. The van der Waals surface area contributed by atoms with Gasteiger partial charge in [0.25, 0.3) is 0 Å². The molecule has 1 heterocycles. The van der Waals surface area contributed by atoms with E-state index in [-0.39, 0.29) is 25.1 Å². The number of carbonyl (C=O) groups is 2. The SMILES string of the molecule is CNC(=O)C(C)(C)COc1c(-c2ccc3c(c2)COC3=O)ccc(OC)c1OC. The first-order chi connectivity index (χ1) is 13.8. The van der Waals surface area contributed by atoms with Gasteiger partial charge >= 0.3 is 5.97 Å². The van der Waals surface area contributed by atoms with E-state index in [1.165, 1.54) is 7.11 Å². The van der Waals surface area contributed by atoms with E-state index in [4.69, 9.17) is 18.9 Å². The van der Waals surface area contributed by atoms with Crippen LogP contribution in [0.15, 0.2) is 30.3 Å². The summed E-state index contributed by atoms with van der Waals surface area (Å²) in [4.78, 5) is 23.9. The highest BCUT2D eigenvalue weighted by atomic mass is 16.5. The molecule has 154 valence electrons. The molecule has 7 heteroatoms. The van der Waals surface area contributed by atoms with Crippen molar-refractivity contribution in [1.82, 2.24) is 5.32 Å². The molecule has 0 unspecified atom stereocenters. The van der Waals surface area contributed by atoms with Crippen molar-refractivity contribution in [3.63, 3.8) is 0 Å². The van der Waals surface area contributed by atoms with Gasteiger partial charge in [0, 0.05) is 18.2 Å². The third-order valence-corrected chi connectivity index (χ3v) is 4.91. The van der Waals surface area contributed by atoms with Gasteiger partial charge in [0.05, 0.1) is 25.2 Å². The van der Waals surface area contributed by atoms with E-state index in [0.717, 1.165) is 16.7 Å². The highest BCUT2D eigenvalue weighted by Crippen LogP contribution is 2.45. The Morgan fingerprint density at radius 1 is 1.10 bits per heavy atom. The number of nitrogens with one attached hydrogen (secondary N) is 1. The summed E-state index contributed by atoms with van der Waals surface area (Å²) in [6.45, 7) is 3.98. The Hall–Kier alpha value is -3.22. The lowest BCUT2D eigenvalue weighted by molar-refractivity contribution is -0.130. The molecule has 0 saturated heterocycles. The minimum atomic E-state index is -0.752. The third-order valence-electron chi connectivity index (χ3n) is 4.91. The maximum atomic E-state index is 12.2. The molecule has 2 aromatic rings. The van der Waals surface area contributed by atoms with E-state index >= 15 is 0 Å². The lowest BCUT2D eigenvalue weighted by Crippen LogP contribution is -2.39. The van der Waals surface area contributed by atoms with Crippen molar-refractivity contribution in [3.8, 4) is 28.4 Å². The van der Waals surface area contributed by atoms with Crippen LogP contribution in [-0.4, -0.2) is 39.8 Å². The van der Waals surface area contributed by atoms with E-state index in [1.54, 1.807) is 40.1 Å². The van der Waals surface area contributed by atoms with Gasteiger partial charge in [-0.3, -0.25) is 4.79 Å². The number of esters is 1. The molecule has 3 rings (SSSR count). The molecule has 1 aliphatic heterocycles. The molecular formula is C22H25NO6. The number of fused-ring (bicyclic) bond motifs is 1. The van der Waals surface area contributed by atoms with Crippen molar-refractivity contribution < 1.29 is 28.5 Å². The van der Waals surface area contributed by atoms with Crippen molar-refractivity contribution >= 4 is 11.9 Å². The summed E-state index contributed by atoms with van der Waals surface area (Å²) in [6.07, 6.45) is 0. The largest absolute Gasteiger partial charge is 0.493 e. The Morgan fingerprint density at radius 2 is 1.83 bits per heavy atom. The second-order valence-electron chi connectivity index (χ2n) is 7.38. The lowest BCUT2D eigenvalue weighted by atomic mass is 9.93. The van der Waals surface area contributed by atoms with Crippen molar-refractivity contribution in [2.75, 3.05) is 27.9 Å². The predicted molar refractivity (Wildman–Crippen MR) is 107 cm³/mol. The van der Waals surface area contributed by atoms with Crippen LogP contribution in [0.5, 0.6) is 17.2 Å². The maximum Gasteiger partial charge on any atom is 0.338 e. The Balaban J connectivity index is 2.06. The number of cyclic esters (lactones) is 1. The van der Waals surface area contributed by atoms with Gasteiger partial charge in [0.15, 0.2) is 11.5 Å². The summed E-state index contributed by atoms with van der Waals surface area (Å²) in [7, 11) is 4.68. The summed E-state index contributed by atoms with van der Waals surface area (Å²) < 4.78 is 22.2. The van der Waals surface area contributed by atoms with Gasteiger partial charge in [-0.05, 0) is 43.7 Å². The molecule has 0 fully saturated rings. The minimum Gasteiger partial charge on any atom is -0.493 e. The van der Waals surface area contributed by atoms with E-state index in [0.29, 0.717) is 22.8 Å². The monoisotopic (exact) mass is 399 g/mol.